The number of carbonyl (C=O) groups excluding carboxylic acids is 1. The highest BCUT2D eigenvalue weighted by Gasteiger charge is 2.12. The van der Waals surface area contributed by atoms with Gasteiger partial charge in [0.25, 0.3) is 0 Å². The van der Waals surface area contributed by atoms with Gasteiger partial charge in [-0.25, -0.2) is 0 Å². The molecule has 2 heterocycles. The van der Waals surface area contributed by atoms with E-state index in [4.69, 9.17) is 0 Å². The fourth-order valence-electron chi connectivity index (χ4n) is 1.85. The molecule has 0 saturated heterocycles. The third-order valence-corrected chi connectivity index (χ3v) is 3.25. The number of hydrogen-bond acceptors (Lipinski definition) is 3. The van der Waals surface area contributed by atoms with Crippen LogP contribution in [0.3, 0.4) is 0 Å². The fraction of sp³-hybridized carbons (Fsp3) is 0.400. The smallest absolute Gasteiger partial charge is 0.187 e. The van der Waals surface area contributed by atoms with Gasteiger partial charge >= 0.3 is 0 Å². The molecule has 2 rings (SSSR count). The Morgan fingerprint density at radius 2 is 2.21 bits per heavy atom. The van der Waals surface area contributed by atoms with Crippen molar-refractivity contribution in [3.05, 3.63) is 47.5 Å². The Morgan fingerprint density at radius 1 is 1.42 bits per heavy atom. The van der Waals surface area contributed by atoms with E-state index in [2.05, 4.69) is 23.9 Å². The number of pyridine rings is 1. The lowest BCUT2D eigenvalue weighted by Crippen LogP contribution is -2.09. The molecule has 2 aromatic rings. The van der Waals surface area contributed by atoms with Crippen molar-refractivity contribution in [1.82, 2.24) is 14.8 Å². The number of nitrogens with zero attached hydrogens (tertiary/aromatic N) is 3. The van der Waals surface area contributed by atoms with Gasteiger partial charge in [0.05, 0.1) is 12.1 Å². The van der Waals surface area contributed by atoms with Crippen molar-refractivity contribution in [3.8, 4) is 0 Å². The lowest BCUT2D eigenvalue weighted by Gasteiger charge is -2.08. The molecule has 0 aromatic carbocycles. The predicted molar refractivity (Wildman–Crippen MR) is 74.2 cm³/mol. The summed E-state index contributed by atoms with van der Waals surface area (Å²) in [7, 11) is 0. The van der Waals surface area contributed by atoms with Gasteiger partial charge in [0.1, 0.15) is 5.69 Å². The molecule has 0 bridgehead atoms. The van der Waals surface area contributed by atoms with E-state index in [-0.39, 0.29) is 5.78 Å². The Bertz CT molecular complexity index is 574. The molecule has 0 saturated carbocycles. The first kappa shape index (κ1) is 13.5. The summed E-state index contributed by atoms with van der Waals surface area (Å²) in [5.41, 5.74) is 2.36. The Hall–Kier alpha value is -1.97. The maximum absolute atomic E-state index is 12.1. The van der Waals surface area contributed by atoms with Gasteiger partial charge in [0, 0.05) is 18.4 Å². The SMILES string of the molecule is CCC(C)n1ccc(CC(=O)c2cc(C)ccn2)n1. The lowest BCUT2D eigenvalue weighted by molar-refractivity contribution is 0.0987. The highest BCUT2D eigenvalue weighted by Crippen LogP contribution is 2.11. The van der Waals surface area contributed by atoms with Crippen molar-refractivity contribution in [2.45, 2.75) is 39.7 Å². The highest BCUT2D eigenvalue weighted by molar-refractivity contribution is 5.95. The van der Waals surface area contributed by atoms with E-state index in [0.29, 0.717) is 18.2 Å². The van der Waals surface area contributed by atoms with E-state index in [9.17, 15) is 4.79 Å². The summed E-state index contributed by atoms with van der Waals surface area (Å²) in [5, 5.41) is 4.44. The van der Waals surface area contributed by atoms with Crippen molar-refractivity contribution in [2.75, 3.05) is 0 Å². The van der Waals surface area contributed by atoms with Crippen LogP contribution in [0, 0.1) is 6.92 Å². The van der Waals surface area contributed by atoms with Crippen molar-refractivity contribution in [2.24, 2.45) is 0 Å². The van der Waals surface area contributed by atoms with Gasteiger partial charge in [-0.3, -0.25) is 14.5 Å². The first-order chi connectivity index (χ1) is 9.10. The number of ketones is 1. The minimum absolute atomic E-state index is 0.0121. The van der Waals surface area contributed by atoms with Gasteiger partial charge in [-0.15, -0.1) is 0 Å². The Balaban J connectivity index is 2.09. The van der Waals surface area contributed by atoms with Gasteiger partial charge in [-0.1, -0.05) is 6.92 Å². The Morgan fingerprint density at radius 3 is 2.89 bits per heavy atom. The number of hydrogen-bond donors (Lipinski definition) is 0. The zero-order valence-corrected chi connectivity index (χ0v) is 11.6. The van der Waals surface area contributed by atoms with Gasteiger partial charge in [0.2, 0.25) is 0 Å². The van der Waals surface area contributed by atoms with E-state index in [1.54, 1.807) is 6.20 Å². The minimum atomic E-state index is 0.0121. The molecule has 4 heteroatoms. The van der Waals surface area contributed by atoms with E-state index < -0.39 is 0 Å². The summed E-state index contributed by atoms with van der Waals surface area (Å²) in [6, 6.07) is 5.96. The Labute approximate surface area is 113 Å². The molecule has 0 N–H and O–H groups in total. The number of carbonyl (C=O) groups is 1. The molecule has 2 aromatic heterocycles. The van der Waals surface area contributed by atoms with Crippen LogP contribution in [-0.4, -0.2) is 20.5 Å². The zero-order valence-electron chi connectivity index (χ0n) is 11.6. The summed E-state index contributed by atoms with van der Waals surface area (Å²) in [6.45, 7) is 6.19. The number of rotatable bonds is 5. The van der Waals surface area contributed by atoms with Crippen LogP contribution in [0.2, 0.25) is 0 Å². The van der Waals surface area contributed by atoms with E-state index in [1.165, 1.54) is 0 Å². The summed E-state index contributed by atoms with van der Waals surface area (Å²) < 4.78 is 1.91. The molecule has 4 nitrogen and oxygen atoms in total. The van der Waals surface area contributed by atoms with Crippen LogP contribution < -0.4 is 0 Å². The molecule has 100 valence electrons. The van der Waals surface area contributed by atoms with Gasteiger partial charge in [-0.05, 0) is 44.0 Å². The fourth-order valence-corrected chi connectivity index (χ4v) is 1.85. The second-order valence-corrected chi connectivity index (χ2v) is 4.86. The molecular weight excluding hydrogens is 238 g/mol. The van der Waals surface area contributed by atoms with Gasteiger partial charge in [-0.2, -0.15) is 5.10 Å². The normalized spacial score (nSPS) is 12.4. The average molecular weight is 257 g/mol. The maximum atomic E-state index is 12.1. The topological polar surface area (TPSA) is 47.8 Å². The van der Waals surface area contributed by atoms with Crippen molar-refractivity contribution < 1.29 is 4.79 Å². The highest BCUT2D eigenvalue weighted by atomic mass is 16.1. The van der Waals surface area contributed by atoms with Crippen LogP contribution in [-0.2, 0) is 6.42 Å². The van der Waals surface area contributed by atoms with Crippen LogP contribution >= 0.6 is 0 Å². The molecule has 1 unspecified atom stereocenters. The summed E-state index contributed by atoms with van der Waals surface area (Å²) in [4.78, 5) is 16.2. The molecule has 0 amide bonds. The van der Waals surface area contributed by atoms with Crippen molar-refractivity contribution in [3.63, 3.8) is 0 Å². The number of aromatic nitrogens is 3. The third-order valence-electron chi connectivity index (χ3n) is 3.25. The summed E-state index contributed by atoms with van der Waals surface area (Å²) in [5.74, 6) is 0.0121. The zero-order chi connectivity index (χ0) is 13.8. The quantitative estimate of drug-likeness (QED) is 0.774. The molecule has 0 radical (unpaired) electrons. The second kappa shape index (κ2) is 5.78. The molecule has 19 heavy (non-hydrogen) atoms. The molecule has 0 spiro atoms. The van der Waals surface area contributed by atoms with Crippen LogP contribution in [0.4, 0.5) is 0 Å². The van der Waals surface area contributed by atoms with E-state index >= 15 is 0 Å². The van der Waals surface area contributed by atoms with Crippen LogP contribution in [0.25, 0.3) is 0 Å². The summed E-state index contributed by atoms with van der Waals surface area (Å²) in [6.07, 6.45) is 4.93. The van der Waals surface area contributed by atoms with Crippen molar-refractivity contribution in [1.29, 1.82) is 0 Å². The predicted octanol–water partition coefficient (Wildman–Crippen LogP) is 2.98. The molecule has 0 fully saturated rings. The lowest BCUT2D eigenvalue weighted by atomic mass is 10.1. The van der Waals surface area contributed by atoms with Crippen LogP contribution in [0.5, 0.6) is 0 Å². The second-order valence-electron chi connectivity index (χ2n) is 4.86. The number of Topliss-reactive ketones (excluding diaryl/α,β-unsaturated/α-hetero) is 1. The number of aryl methyl sites for hydroxylation is 1. The Kier molecular flexibility index (Phi) is 4.10. The monoisotopic (exact) mass is 257 g/mol. The van der Waals surface area contributed by atoms with Crippen molar-refractivity contribution >= 4 is 5.78 Å². The minimum Gasteiger partial charge on any atom is -0.292 e. The first-order valence-corrected chi connectivity index (χ1v) is 6.60. The van der Waals surface area contributed by atoms with E-state index in [0.717, 1.165) is 17.7 Å². The largest absolute Gasteiger partial charge is 0.292 e. The first-order valence-electron chi connectivity index (χ1n) is 6.60. The van der Waals surface area contributed by atoms with Gasteiger partial charge in [0.15, 0.2) is 5.78 Å². The molecule has 0 aliphatic carbocycles. The van der Waals surface area contributed by atoms with Crippen LogP contribution in [0.1, 0.15) is 48.1 Å². The maximum Gasteiger partial charge on any atom is 0.187 e. The standard InChI is InChI=1S/C15H19N3O/c1-4-12(3)18-8-6-13(17-18)10-15(19)14-9-11(2)5-7-16-14/h5-9,12H,4,10H2,1-3H3. The molecular formula is C15H19N3O. The third kappa shape index (κ3) is 3.28. The molecule has 0 aliphatic rings. The van der Waals surface area contributed by atoms with Crippen LogP contribution in [0.15, 0.2) is 30.6 Å². The van der Waals surface area contributed by atoms with Gasteiger partial charge < -0.3 is 0 Å². The molecule has 0 aliphatic heterocycles. The average Bonchev–Trinajstić information content (AvgIpc) is 2.86. The summed E-state index contributed by atoms with van der Waals surface area (Å²) >= 11 is 0. The van der Waals surface area contributed by atoms with E-state index in [1.807, 2.05) is 36.0 Å². The molecule has 1 atom stereocenters.